The number of thiazole rings is 1. The summed E-state index contributed by atoms with van der Waals surface area (Å²) in [4.78, 5) is 16.9. The van der Waals surface area contributed by atoms with Gasteiger partial charge in [-0.25, -0.2) is 4.98 Å². The summed E-state index contributed by atoms with van der Waals surface area (Å²) in [5.74, 6) is 0.472. The fraction of sp³-hybridized carbons (Fsp3) is 0.118. The molecule has 26 heavy (non-hydrogen) atoms. The van der Waals surface area contributed by atoms with Crippen LogP contribution in [0.25, 0.3) is 22.0 Å². The Morgan fingerprint density at radius 1 is 1.23 bits per heavy atom. The van der Waals surface area contributed by atoms with Gasteiger partial charge in [-0.05, 0) is 12.1 Å². The number of hydrogen-bond acceptors (Lipinski definition) is 6. The molecule has 0 aliphatic rings. The monoisotopic (exact) mass is 365 g/mol. The van der Waals surface area contributed by atoms with Gasteiger partial charge >= 0.3 is 0 Å². The molecule has 0 spiro atoms. The molecule has 0 aliphatic carbocycles. The first-order valence-corrected chi connectivity index (χ1v) is 8.68. The average Bonchev–Trinajstić information content (AvgIpc) is 3.35. The van der Waals surface area contributed by atoms with Gasteiger partial charge < -0.3 is 9.88 Å². The number of amides is 1. The highest BCUT2D eigenvalue weighted by Crippen LogP contribution is 2.24. The third-order valence-electron chi connectivity index (χ3n) is 3.78. The molecule has 130 valence electrons. The highest BCUT2D eigenvalue weighted by molar-refractivity contribution is 7.13. The van der Waals surface area contributed by atoms with Crippen molar-refractivity contribution < 1.29 is 4.79 Å². The fourth-order valence-electron chi connectivity index (χ4n) is 2.52. The minimum absolute atomic E-state index is 0.258. The van der Waals surface area contributed by atoms with Crippen LogP contribution in [0, 0.1) is 0 Å². The van der Waals surface area contributed by atoms with Gasteiger partial charge in [0.2, 0.25) is 0 Å². The number of rotatable bonds is 4. The van der Waals surface area contributed by atoms with Gasteiger partial charge in [0.05, 0.1) is 6.20 Å². The molecule has 1 aromatic carbocycles. The van der Waals surface area contributed by atoms with Crippen LogP contribution in [0.1, 0.15) is 10.5 Å². The van der Waals surface area contributed by atoms with Gasteiger partial charge in [0.25, 0.3) is 5.91 Å². The number of nitrogens with zero attached hydrogens (tertiary/aromatic N) is 6. The first kappa shape index (κ1) is 16.2. The summed E-state index contributed by atoms with van der Waals surface area (Å²) in [5, 5.41) is 17.5. The Kier molecular flexibility index (Phi) is 4.05. The fourth-order valence-corrected chi connectivity index (χ4v) is 3.29. The van der Waals surface area contributed by atoms with Crippen LogP contribution in [0.2, 0.25) is 0 Å². The standard InChI is InChI=1S/C17H15N7OS/c1-23-10-18-22-15(23)11-4-3-5-13(6-11)20-16(25)14-9-26-17(21-14)12-7-19-24(2)8-12/h3-10H,1-2H3,(H,20,25). The molecule has 0 aliphatic heterocycles. The maximum Gasteiger partial charge on any atom is 0.275 e. The second-order valence-electron chi connectivity index (χ2n) is 5.74. The molecule has 0 bridgehead atoms. The predicted octanol–water partition coefficient (Wildman–Crippen LogP) is 2.59. The number of aryl methyl sites for hydroxylation is 2. The lowest BCUT2D eigenvalue weighted by Gasteiger charge is -2.06. The van der Waals surface area contributed by atoms with Crippen LogP contribution in [0.3, 0.4) is 0 Å². The normalized spacial score (nSPS) is 10.8. The molecule has 0 fully saturated rings. The van der Waals surface area contributed by atoms with E-state index in [1.165, 1.54) is 11.3 Å². The summed E-state index contributed by atoms with van der Waals surface area (Å²) in [5.41, 5.74) is 2.81. The van der Waals surface area contributed by atoms with Crippen LogP contribution >= 0.6 is 11.3 Å². The number of carbonyl (C=O) groups is 1. The minimum atomic E-state index is -0.258. The average molecular weight is 365 g/mol. The number of nitrogens with one attached hydrogen (secondary N) is 1. The molecule has 3 heterocycles. The predicted molar refractivity (Wildman–Crippen MR) is 98.7 cm³/mol. The van der Waals surface area contributed by atoms with E-state index < -0.39 is 0 Å². The molecule has 0 radical (unpaired) electrons. The van der Waals surface area contributed by atoms with Gasteiger partial charge in [-0.1, -0.05) is 12.1 Å². The summed E-state index contributed by atoms with van der Waals surface area (Å²) in [6, 6.07) is 7.47. The summed E-state index contributed by atoms with van der Waals surface area (Å²) < 4.78 is 3.52. The summed E-state index contributed by atoms with van der Waals surface area (Å²) in [6.45, 7) is 0. The highest BCUT2D eigenvalue weighted by Gasteiger charge is 2.14. The maximum absolute atomic E-state index is 12.5. The van der Waals surface area contributed by atoms with Gasteiger partial charge in [-0.3, -0.25) is 9.48 Å². The van der Waals surface area contributed by atoms with E-state index in [0.29, 0.717) is 11.4 Å². The quantitative estimate of drug-likeness (QED) is 0.600. The van der Waals surface area contributed by atoms with Crippen LogP contribution in [-0.2, 0) is 14.1 Å². The lowest BCUT2D eigenvalue weighted by Crippen LogP contribution is -2.12. The van der Waals surface area contributed by atoms with Gasteiger partial charge in [0, 0.05) is 42.5 Å². The SMILES string of the molecule is Cn1cc(-c2nc(C(=O)Nc3cccc(-c4nncn4C)c3)cs2)cn1. The summed E-state index contributed by atoms with van der Waals surface area (Å²) in [7, 11) is 3.71. The van der Waals surface area contributed by atoms with Crippen molar-refractivity contribution in [3.05, 3.63) is 54.1 Å². The number of carbonyl (C=O) groups excluding carboxylic acids is 1. The second-order valence-corrected chi connectivity index (χ2v) is 6.60. The van der Waals surface area contributed by atoms with Gasteiger partial charge in [0.15, 0.2) is 5.82 Å². The van der Waals surface area contributed by atoms with Crippen LogP contribution in [0.15, 0.2) is 48.4 Å². The molecule has 0 unspecified atom stereocenters. The first-order chi connectivity index (χ1) is 12.6. The van der Waals surface area contributed by atoms with Gasteiger partial charge in [-0.15, -0.1) is 21.5 Å². The van der Waals surface area contributed by atoms with Crippen LogP contribution in [0.5, 0.6) is 0 Å². The maximum atomic E-state index is 12.5. The Morgan fingerprint density at radius 3 is 2.85 bits per heavy atom. The highest BCUT2D eigenvalue weighted by atomic mass is 32.1. The molecule has 3 aromatic heterocycles. The van der Waals surface area contributed by atoms with E-state index in [1.54, 1.807) is 22.6 Å². The van der Waals surface area contributed by atoms with Crippen molar-refractivity contribution >= 4 is 22.9 Å². The number of hydrogen-bond donors (Lipinski definition) is 1. The van der Waals surface area contributed by atoms with E-state index in [0.717, 1.165) is 22.0 Å². The molecule has 4 aromatic rings. The molecule has 1 amide bonds. The molecule has 8 nitrogen and oxygen atoms in total. The third kappa shape index (κ3) is 3.11. The van der Waals surface area contributed by atoms with Crippen molar-refractivity contribution in [2.75, 3.05) is 5.32 Å². The zero-order chi connectivity index (χ0) is 18.1. The molecule has 1 N–H and O–H groups in total. The smallest absolute Gasteiger partial charge is 0.275 e. The van der Waals surface area contributed by atoms with Crippen molar-refractivity contribution in [1.82, 2.24) is 29.5 Å². The molecular weight excluding hydrogens is 350 g/mol. The molecule has 4 rings (SSSR count). The van der Waals surface area contributed by atoms with Crippen molar-refractivity contribution in [2.45, 2.75) is 0 Å². The van der Waals surface area contributed by atoms with E-state index in [4.69, 9.17) is 0 Å². The van der Waals surface area contributed by atoms with E-state index in [1.807, 2.05) is 49.1 Å². The lowest BCUT2D eigenvalue weighted by atomic mass is 10.2. The Balaban J connectivity index is 1.54. The molecule has 0 atom stereocenters. The van der Waals surface area contributed by atoms with Crippen molar-refractivity contribution in [3.63, 3.8) is 0 Å². The minimum Gasteiger partial charge on any atom is -0.321 e. The summed E-state index contributed by atoms with van der Waals surface area (Å²) in [6.07, 6.45) is 5.23. The Labute approximate surface area is 153 Å². The largest absolute Gasteiger partial charge is 0.321 e. The van der Waals surface area contributed by atoms with E-state index in [2.05, 4.69) is 25.6 Å². The number of aromatic nitrogens is 6. The van der Waals surface area contributed by atoms with Crippen molar-refractivity contribution in [1.29, 1.82) is 0 Å². The Morgan fingerprint density at radius 2 is 2.12 bits per heavy atom. The lowest BCUT2D eigenvalue weighted by molar-refractivity contribution is 0.102. The molecule has 9 heteroatoms. The molecular formula is C17H15N7OS. The number of anilines is 1. The van der Waals surface area contributed by atoms with Gasteiger partial charge in [0.1, 0.15) is 17.0 Å². The van der Waals surface area contributed by atoms with Gasteiger partial charge in [-0.2, -0.15) is 5.10 Å². The van der Waals surface area contributed by atoms with Crippen molar-refractivity contribution in [2.24, 2.45) is 14.1 Å². The second kappa shape index (κ2) is 6.52. The Hall–Kier alpha value is -3.33. The topological polar surface area (TPSA) is 90.5 Å². The van der Waals surface area contributed by atoms with Crippen LogP contribution in [-0.4, -0.2) is 35.4 Å². The molecule has 0 saturated heterocycles. The Bertz CT molecular complexity index is 1080. The third-order valence-corrected chi connectivity index (χ3v) is 4.67. The van der Waals surface area contributed by atoms with Crippen LogP contribution in [0.4, 0.5) is 5.69 Å². The summed E-state index contributed by atoms with van der Waals surface area (Å²) >= 11 is 1.41. The van der Waals surface area contributed by atoms with E-state index >= 15 is 0 Å². The molecule has 0 saturated carbocycles. The zero-order valence-electron chi connectivity index (χ0n) is 14.1. The first-order valence-electron chi connectivity index (χ1n) is 7.80. The van der Waals surface area contributed by atoms with E-state index in [9.17, 15) is 4.79 Å². The zero-order valence-corrected chi connectivity index (χ0v) is 14.9. The van der Waals surface area contributed by atoms with E-state index in [-0.39, 0.29) is 5.91 Å². The van der Waals surface area contributed by atoms with Crippen LogP contribution < -0.4 is 5.32 Å². The van der Waals surface area contributed by atoms with Crippen molar-refractivity contribution in [3.8, 4) is 22.0 Å². The number of benzene rings is 1.